The molecule has 0 aromatic heterocycles. The lowest BCUT2D eigenvalue weighted by Crippen LogP contribution is -2.27. The predicted octanol–water partition coefficient (Wildman–Crippen LogP) is 3.79. The van der Waals surface area contributed by atoms with Crippen molar-refractivity contribution in [3.63, 3.8) is 0 Å². The summed E-state index contributed by atoms with van der Waals surface area (Å²) in [6.45, 7) is 2.12. The van der Waals surface area contributed by atoms with Crippen molar-refractivity contribution in [1.82, 2.24) is 4.90 Å². The van der Waals surface area contributed by atoms with Gasteiger partial charge in [0.15, 0.2) is 11.5 Å². The van der Waals surface area contributed by atoms with E-state index in [4.69, 9.17) is 9.47 Å². The average Bonchev–Trinajstić information content (AvgIpc) is 3.06. The summed E-state index contributed by atoms with van der Waals surface area (Å²) in [5, 5.41) is 0. The summed E-state index contributed by atoms with van der Waals surface area (Å²) in [7, 11) is 1.72. The van der Waals surface area contributed by atoms with Gasteiger partial charge in [0.25, 0.3) is 0 Å². The maximum Gasteiger partial charge on any atom is 0.246 e. The number of carbonyl (C=O) groups is 1. The smallest absolute Gasteiger partial charge is 0.246 e. The Morgan fingerprint density at radius 2 is 1.88 bits per heavy atom. The lowest BCUT2D eigenvalue weighted by Gasteiger charge is -2.24. The molecule has 4 nitrogen and oxygen atoms in total. The highest BCUT2D eigenvalue weighted by Crippen LogP contribution is 2.32. The van der Waals surface area contributed by atoms with Crippen LogP contribution in [0.5, 0.6) is 11.5 Å². The molecule has 3 rings (SSSR count). The van der Waals surface area contributed by atoms with E-state index in [9.17, 15) is 9.18 Å². The van der Waals surface area contributed by atoms with Crippen LogP contribution in [0, 0.1) is 5.82 Å². The first-order chi connectivity index (χ1) is 11.5. The number of rotatable bonds is 4. The van der Waals surface area contributed by atoms with Gasteiger partial charge in [-0.05, 0) is 48.4 Å². The summed E-state index contributed by atoms with van der Waals surface area (Å²) in [6, 6.07) is 11.5. The van der Waals surface area contributed by atoms with Crippen LogP contribution in [-0.4, -0.2) is 24.6 Å². The number of fused-ring (bicyclic) bond motifs is 1. The highest BCUT2D eigenvalue weighted by atomic mass is 19.1. The van der Waals surface area contributed by atoms with Gasteiger partial charge >= 0.3 is 0 Å². The van der Waals surface area contributed by atoms with E-state index in [1.807, 2.05) is 25.1 Å². The van der Waals surface area contributed by atoms with Gasteiger partial charge in [-0.25, -0.2) is 4.39 Å². The maximum absolute atomic E-state index is 13.0. The van der Waals surface area contributed by atoms with E-state index >= 15 is 0 Å². The fourth-order valence-corrected chi connectivity index (χ4v) is 2.46. The quantitative estimate of drug-likeness (QED) is 0.802. The van der Waals surface area contributed by atoms with Gasteiger partial charge in [0.2, 0.25) is 12.7 Å². The standard InChI is InChI=1S/C19H18FNO3/c1-13(15-5-7-16(20)8-6-15)21(2)19(22)10-4-14-3-9-17-18(11-14)24-12-23-17/h3-11,13H,12H2,1-2H3/b10-4+. The van der Waals surface area contributed by atoms with Gasteiger partial charge in [-0.3, -0.25) is 4.79 Å². The largest absolute Gasteiger partial charge is 0.454 e. The third kappa shape index (κ3) is 3.40. The number of hydrogen-bond acceptors (Lipinski definition) is 3. The Bertz CT molecular complexity index is 771. The molecule has 0 radical (unpaired) electrons. The summed E-state index contributed by atoms with van der Waals surface area (Å²) in [4.78, 5) is 13.9. The highest BCUT2D eigenvalue weighted by molar-refractivity contribution is 5.92. The second-order valence-electron chi connectivity index (χ2n) is 5.62. The van der Waals surface area contributed by atoms with Crippen molar-refractivity contribution in [3.05, 3.63) is 65.5 Å². The molecule has 124 valence electrons. The van der Waals surface area contributed by atoms with E-state index in [-0.39, 0.29) is 24.6 Å². The van der Waals surface area contributed by atoms with Crippen LogP contribution in [0.3, 0.4) is 0 Å². The second-order valence-corrected chi connectivity index (χ2v) is 5.62. The maximum atomic E-state index is 13.0. The molecule has 0 saturated heterocycles. The molecule has 0 aliphatic carbocycles. The molecule has 1 aliphatic heterocycles. The molecule has 1 amide bonds. The van der Waals surface area contributed by atoms with Crippen molar-refractivity contribution in [2.45, 2.75) is 13.0 Å². The number of amides is 1. The third-order valence-electron chi connectivity index (χ3n) is 4.10. The fourth-order valence-electron chi connectivity index (χ4n) is 2.46. The first kappa shape index (κ1) is 16.1. The zero-order chi connectivity index (χ0) is 17.1. The second kappa shape index (κ2) is 6.74. The number of hydrogen-bond donors (Lipinski definition) is 0. The number of likely N-dealkylation sites (N-methyl/N-ethyl adjacent to an activating group) is 1. The number of carbonyl (C=O) groups excluding carboxylic acids is 1. The Hall–Kier alpha value is -2.82. The molecular weight excluding hydrogens is 309 g/mol. The molecular formula is C19H18FNO3. The summed E-state index contributed by atoms with van der Waals surface area (Å²) in [5.41, 5.74) is 1.74. The van der Waals surface area contributed by atoms with E-state index in [2.05, 4.69) is 0 Å². The monoisotopic (exact) mass is 327 g/mol. The molecule has 2 aromatic carbocycles. The molecule has 0 bridgehead atoms. The van der Waals surface area contributed by atoms with E-state index < -0.39 is 0 Å². The van der Waals surface area contributed by atoms with Crippen LogP contribution < -0.4 is 9.47 Å². The van der Waals surface area contributed by atoms with Crippen molar-refractivity contribution in [3.8, 4) is 11.5 Å². The summed E-state index contributed by atoms with van der Waals surface area (Å²) in [6.07, 6.45) is 3.25. The Kier molecular flexibility index (Phi) is 4.51. The van der Waals surface area contributed by atoms with E-state index in [1.54, 1.807) is 30.2 Å². The summed E-state index contributed by atoms with van der Waals surface area (Å²) < 4.78 is 23.6. The zero-order valence-corrected chi connectivity index (χ0v) is 13.5. The molecule has 0 spiro atoms. The summed E-state index contributed by atoms with van der Waals surface area (Å²) in [5.74, 6) is 0.963. The molecule has 1 heterocycles. The van der Waals surface area contributed by atoms with Gasteiger partial charge in [-0.2, -0.15) is 0 Å². The molecule has 2 aromatic rings. The number of benzene rings is 2. The fraction of sp³-hybridized carbons (Fsp3) is 0.211. The van der Waals surface area contributed by atoms with Crippen molar-refractivity contribution < 1.29 is 18.7 Å². The molecule has 0 saturated carbocycles. The number of nitrogens with zero attached hydrogens (tertiary/aromatic N) is 1. The highest BCUT2D eigenvalue weighted by Gasteiger charge is 2.16. The summed E-state index contributed by atoms with van der Waals surface area (Å²) >= 11 is 0. The van der Waals surface area contributed by atoms with Gasteiger partial charge in [-0.1, -0.05) is 18.2 Å². The van der Waals surface area contributed by atoms with Crippen molar-refractivity contribution in [2.24, 2.45) is 0 Å². The minimum atomic E-state index is -0.289. The van der Waals surface area contributed by atoms with E-state index in [0.717, 1.165) is 11.1 Å². The van der Waals surface area contributed by atoms with Crippen molar-refractivity contribution >= 4 is 12.0 Å². The van der Waals surface area contributed by atoms with Crippen molar-refractivity contribution in [1.29, 1.82) is 0 Å². The predicted molar refractivity (Wildman–Crippen MR) is 89.2 cm³/mol. The molecule has 1 aliphatic rings. The first-order valence-corrected chi connectivity index (χ1v) is 7.64. The minimum absolute atomic E-state index is 0.135. The Labute approximate surface area is 140 Å². The van der Waals surface area contributed by atoms with Gasteiger partial charge in [0.05, 0.1) is 6.04 Å². The molecule has 0 N–H and O–H groups in total. The normalized spacial score (nSPS) is 14.0. The minimum Gasteiger partial charge on any atom is -0.454 e. The van der Waals surface area contributed by atoms with Crippen LogP contribution >= 0.6 is 0 Å². The topological polar surface area (TPSA) is 38.8 Å². The van der Waals surface area contributed by atoms with Crippen LogP contribution in [0.25, 0.3) is 6.08 Å². The van der Waals surface area contributed by atoms with Crippen LogP contribution in [0.2, 0.25) is 0 Å². The SMILES string of the molecule is CC(c1ccc(F)cc1)N(C)C(=O)/C=C/c1ccc2c(c1)OCO2. The first-order valence-electron chi connectivity index (χ1n) is 7.64. The van der Waals surface area contributed by atoms with Gasteiger partial charge in [0.1, 0.15) is 5.82 Å². The number of halogens is 1. The van der Waals surface area contributed by atoms with Gasteiger partial charge < -0.3 is 14.4 Å². The van der Waals surface area contributed by atoms with Crippen molar-refractivity contribution in [2.75, 3.05) is 13.8 Å². The van der Waals surface area contributed by atoms with Gasteiger partial charge in [0, 0.05) is 13.1 Å². The van der Waals surface area contributed by atoms with E-state index in [1.165, 1.54) is 18.2 Å². The Morgan fingerprint density at radius 3 is 2.62 bits per heavy atom. The molecule has 24 heavy (non-hydrogen) atoms. The van der Waals surface area contributed by atoms with E-state index in [0.29, 0.717) is 11.5 Å². The lowest BCUT2D eigenvalue weighted by molar-refractivity contribution is -0.126. The third-order valence-corrected chi connectivity index (χ3v) is 4.10. The van der Waals surface area contributed by atoms with Gasteiger partial charge in [-0.15, -0.1) is 0 Å². The van der Waals surface area contributed by atoms with Crippen LogP contribution in [0.4, 0.5) is 4.39 Å². The van der Waals surface area contributed by atoms with Crippen LogP contribution in [0.1, 0.15) is 24.1 Å². The van der Waals surface area contributed by atoms with Crippen LogP contribution in [-0.2, 0) is 4.79 Å². The number of ether oxygens (including phenoxy) is 2. The molecule has 1 unspecified atom stereocenters. The Balaban J connectivity index is 1.68. The lowest BCUT2D eigenvalue weighted by atomic mass is 10.1. The molecule has 0 fully saturated rings. The Morgan fingerprint density at radius 1 is 1.17 bits per heavy atom. The molecule has 5 heteroatoms. The molecule has 1 atom stereocenters. The average molecular weight is 327 g/mol. The van der Waals surface area contributed by atoms with Crippen LogP contribution in [0.15, 0.2) is 48.5 Å². The zero-order valence-electron chi connectivity index (χ0n) is 13.5.